The van der Waals surface area contributed by atoms with Crippen LogP contribution in [0.3, 0.4) is 0 Å². The number of hydrogen-bond donors (Lipinski definition) is 1. The molecule has 1 aromatic rings. The maximum absolute atomic E-state index is 9.28. The van der Waals surface area contributed by atoms with Crippen LogP contribution in [0.2, 0.25) is 0 Å². The zero-order valence-electron chi connectivity index (χ0n) is 13.0. The van der Waals surface area contributed by atoms with Crippen molar-refractivity contribution in [2.75, 3.05) is 25.0 Å². The summed E-state index contributed by atoms with van der Waals surface area (Å²) in [5, 5.41) is 12.6. The quantitative estimate of drug-likeness (QED) is 0.699. The zero-order chi connectivity index (χ0) is 14.8. The minimum atomic E-state index is -0.374. The predicted molar refractivity (Wildman–Crippen MR) is 85.9 cm³/mol. The van der Waals surface area contributed by atoms with E-state index in [2.05, 4.69) is 54.5 Å². The highest BCUT2D eigenvalue weighted by molar-refractivity contribution is 5.44. The van der Waals surface area contributed by atoms with E-state index in [-0.39, 0.29) is 5.54 Å². The first-order valence-electron chi connectivity index (χ1n) is 7.54. The molecule has 1 rings (SSSR count). The molecule has 0 aliphatic heterocycles. The van der Waals surface area contributed by atoms with Gasteiger partial charge < -0.3 is 4.90 Å². The molecule has 20 heavy (non-hydrogen) atoms. The third kappa shape index (κ3) is 5.63. The maximum atomic E-state index is 9.28. The Morgan fingerprint density at radius 2 is 1.95 bits per heavy atom. The fraction of sp³-hybridized carbons (Fsp3) is 0.588. The van der Waals surface area contributed by atoms with Crippen LogP contribution >= 0.6 is 0 Å². The SMILES string of the molecule is CCCNC(C)(C#N)CCCCN(C)c1ccccc1. The van der Waals surface area contributed by atoms with Gasteiger partial charge in [0.1, 0.15) is 5.54 Å². The van der Waals surface area contributed by atoms with Crippen LogP contribution in [0.4, 0.5) is 5.69 Å². The van der Waals surface area contributed by atoms with Crippen molar-refractivity contribution in [3.05, 3.63) is 30.3 Å². The fourth-order valence-electron chi connectivity index (χ4n) is 2.22. The first-order valence-corrected chi connectivity index (χ1v) is 7.54. The molecular formula is C17H27N3. The van der Waals surface area contributed by atoms with Crippen molar-refractivity contribution in [2.45, 2.75) is 45.1 Å². The Hall–Kier alpha value is -1.53. The summed E-state index contributed by atoms with van der Waals surface area (Å²) in [6.45, 7) is 6.07. The molecule has 0 saturated carbocycles. The Kier molecular flexibility index (Phi) is 7.11. The molecular weight excluding hydrogens is 246 g/mol. The van der Waals surface area contributed by atoms with Crippen molar-refractivity contribution >= 4 is 5.69 Å². The Morgan fingerprint density at radius 1 is 1.25 bits per heavy atom. The molecule has 0 saturated heterocycles. The number of hydrogen-bond acceptors (Lipinski definition) is 3. The Balaban J connectivity index is 2.29. The molecule has 0 aliphatic carbocycles. The minimum Gasteiger partial charge on any atom is -0.375 e. The molecule has 0 radical (unpaired) electrons. The predicted octanol–water partition coefficient (Wildman–Crippen LogP) is 3.57. The zero-order valence-corrected chi connectivity index (χ0v) is 13.0. The van der Waals surface area contributed by atoms with Gasteiger partial charge in [-0.1, -0.05) is 25.1 Å². The van der Waals surface area contributed by atoms with E-state index in [1.54, 1.807) is 0 Å². The van der Waals surface area contributed by atoms with Crippen LogP contribution in [-0.2, 0) is 0 Å². The van der Waals surface area contributed by atoms with Gasteiger partial charge in [0.15, 0.2) is 0 Å². The third-order valence-electron chi connectivity index (χ3n) is 3.63. The van der Waals surface area contributed by atoms with E-state index in [1.807, 2.05) is 13.0 Å². The first-order chi connectivity index (χ1) is 9.61. The van der Waals surface area contributed by atoms with Crippen LogP contribution in [0.5, 0.6) is 0 Å². The molecule has 0 bridgehead atoms. The highest BCUT2D eigenvalue weighted by atomic mass is 15.1. The van der Waals surface area contributed by atoms with E-state index >= 15 is 0 Å². The topological polar surface area (TPSA) is 39.1 Å². The lowest BCUT2D eigenvalue weighted by atomic mass is 9.96. The molecule has 3 nitrogen and oxygen atoms in total. The van der Waals surface area contributed by atoms with Crippen LogP contribution in [-0.4, -0.2) is 25.7 Å². The second-order valence-corrected chi connectivity index (χ2v) is 5.58. The van der Waals surface area contributed by atoms with Gasteiger partial charge in [-0.3, -0.25) is 5.32 Å². The third-order valence-corrected chi connectivity index (χ3v) is 3.63. The first kappa shape index (κ1) is 16.5. The van der Waals surface area contributed by atoms with Gasteiger partial charge in [-0.2, -0.15) is 5.26 Å². The highest BCUT2D eigenvalue weighted by Gasteiger charge is 2.21. The smallest absolute Gasteiger partial charge is 0.103 e. The normalized spacial score (nSPS) is 13.5. The number of benzene rings is 1. The van der Waals surface area contributed by atoms with Crippen molar-refractivity contribution in [3.63, 3.8) is 0 Å². The Labute approximate surface area is 123 Å². The van der Waals surface area contributed by atoms with Gasteiger partial charge in [0.25, 0.3) is 0 Å². The molecule has 0 heterocycles. The fourth-order valence-corrected chi connectivity index (χ4v) is 2.22. The van der Waals surface area contributed by atoms with E-state index in [4.69, 9.17) is 0 Å². The number of nitriles is 1. The summed E-state index contributed by atoms with van der Waals surface area (Å²) in [5.41, 5.74) is 0.876. The summed E-state index contributed by atoms with van der Waals surface area (Å²) in [6.07, 6.45) is 4.15. The van der Waals surface area contributed by atoms with Crippen molar-refractivity contribution in [2.24, 2.45) is 0 Å². The number of nitrogens with zero attached hydrogens (tertiary/aromatic N) is 2. The van der Waals surface area contributed by atoms with Crippen LogP contribution in [0, 0.1) is 11.3 Å². The van der Waals surface area contributed by atoms with E-state index < -0.39 is 0 Å². The second kappa shape index (κ2) is 8.60. The maximum Gasteiger partial charge on any atom is 0.103 e. The molecule has 1 N–H and O–H groups in total. The standard InChI is InChI=1S/C17H27N3/c1-4-13-19-17(2,15-18)12-8-9-14-20(3)16-10-6-5-7-11-16/h5-7,10-11,19H,4,8-9,12-14H2,1-3H3. The van der Waals surface area contributed by atoms with Crippen LogP contribution in [0.1, 0.15) is 39.5 Å². The molecule has 1 atom stereocenters. The lowest BCUT2D eigenvalue weighted by Gasteiger charge is -2.24. The molecule has 0 spiro atoms. The average Bonchev–Trinajstić information content (AvgIpc) is 2.50. The van der Waals surface area contributed by atoms with E-state index in [0.717, 1.165) is 38.8 Å². The van der Waals surface area contributed by atoms with Crippen LogP contribution in [0.15, 0.2) is 30.3 Å². The van der Waals surface area contributed by atoms with E-state index in [0.29, 0.717) is 0 Å². The number of unbranched alkanes of at least 4 members (excludes halogenated alkanes) is 1. The molecule has 0 fully saturated rings. The number of para-hydroxylation sites is 1. The van der Waals surface area contributed by atoms with E-state index in [1.165, 1.54) is 5.69 Å². The van der Waals surface area contributed by atoms with Gasteiger partial charge in [-0.15, -0.1) is 0 Å². The Morgan fingerprint density at radius 3 is 2.55 bits per heavy atom. The van der Waals surface area contributed by atoms with Gasteiger partial charge in [0, 0.05) is 19.3 Å². The largest absolute Gasteiger partial charge is 0.375 e. The van der Waals surface area contributed by atoms with Crippen molar-refractivity contribution in [1.82, 2.24) is 5.32 Å². The summed E-state index contributed by atoms with van der Waals surface area (Å²) < 4.78 is 0. The summed E-state index contributed by atoms with van der Waals surface area (Å²) in [5.74, 6) is 0. The van der Waals surface area contributed by atoms with Crippen LogP contribution in [0.25, 0.3) is 0 Å². The molecule has 1 unspecified atom stereocenters. The highest BCUT2D eigenvalue weighted by Crippen LogP contribution is 2.15. The summed E-state index contributed by atoms with van der Waals surface area (Å²) in [7, 11) is 2.12. The second-order valence-electron chi connectivity index (χ2n) is 5.58. The molecule has 0 aliphatic rings. The van der Waals surface area contributed by atoms with Crippen LogP contribution < -0.4 is 10.2 Å². The van der Waals surface area contributed by atoms with Gasteiger partial charge in [0.05, 0.1) is 6.07 Å². The molecule has 1 aromatic carbocycles. The molecule has 0 aromatic heterocycles. The summed E-state index contributed by atoms with van der Waals surface area (Å²) in [6, 6.07) is 12.8. The molecule has 0 amide bonds. The van der Waals surface area contributed by atoms with Crippen molar-refractivity contribution < 1.29 is 0 Å². The lowest BCUT2D eigenvalue weighted by molar-refractivity contribution is 0.403. The van der Waals surface area contributed by atoms with E-state index in [9.17, 15) is 5.26 Å². The number of anilines is 1. The van der Waals surface area contributed by atoms with Gasteiger partial charge in [-0.05, 0) is 51.3 Å². The number of nitrogens with one attached hydrogen (secondary N) is 1. The van der Waals surface area contributed by atoms with Crippen molar-refractivity contribution in [1.29, 1.82) is 5.26 Å². The minimum absolute atomic E-state index is 0.374. The number of rotatable bonds is 9. The van der Waals surface area contributed by atoms with Gasteiger partial charge in [0.2, 0.25) is 0 Å². The van der Waals surface area contributed by atoms with Gasteiger partial charge in [-0.25, -0.2) is 0 Å². The monoisotopic (exact) mass is 273 g/mol. The molecule has 110 valence electrons. The summed E-state index contributed by atoms with van der Waals surface area (Å²) in [4.78, 5) is 2.27. The molecule has 3 heteroatoms. The summed E-state index contributed by atoms with van der Waals surface area (Å²) >= 11 is 0. The lowest BCUT2D eigenvalue weighted by Crippen LogP contribution is -2.41. The van der Waals surface area contributed by atoms with Crippen molar-refractivity contribution in [3.8, 4) is 6.07 Å². The Bertz CT molecular complexity index is 410. The van der Waals surface area contributed by atoms with Gasteiger partial charge >= 0.3 is 0 Å². The average molecular weight is 273 g/mol.